The molecule has 1 saturated carbocycles. The summed E-state index contributed by atoms with van der Waals surface area (Å²) in [5.41, 5.74) is 0.567. The van der Waals surface area contributed by atoms with Crippen molar-refractivity contribution in [2.24, 2.45) is 5.92 Å². The van der Waals surface area contributed by atoms with Gasteiger partial charge in [-0.1, -0.05) is 6.92 Å². The number of carbonyl (C=O) groups is 1. The van der Waals surface area contributed by atoms with Crippen molar-refractivity contribution in [2.45, 2.75) is 44.5 Å². The van der Waals surface area contributed by atoms with E-state index in [1.807, 2.05) is 0 Å². The van der Waals surface area contributed by atoms with E-state index < -0.39 is 5.79 Å². The second kappa shape index (κ2) is 6.12. The molecular formula is C16H22N2O3. The molecule has 2 heterocycles. The van der Waals surface area contributed by atoms with Crippen molar-refractivity contribution >= 4 is 5.91 Å². The average Bonchev–Trinajstić information content (AvgIpc) is 2.92. The van der Waals surface area contributed by atoms with Crippen molar-refractivity contribution in [1.82, 2.24) is 10.3 Å². The second-order valence-electron chi connectivity index (χ2n) is 6.10. The summed E-state index contributed by atoms with van der Waals surface area (Å²) in [5.74, 6) is 0.244. The lowest BCUT2D eigenvalue weighted by molar-refractivity contribution is -0.191. The topological polar surface area (TPSA) is 60.5 Å². The van der Waals surface area contributed by atoms with Crippen LogP contribution in [-0.2, 0) is 9.47 Å². The Morgan fingerprint density at radius 3 is 3.00 bits per heavy atom. The van der Waals surface area contributed by atoms with Crippen LogP contribution < -0.4 is 5.32 Å². The fourth-order valence-electron chi connectivity index (χ4n) is 2.99. The average molecular weight is 290 g/mol. The number of nitrogens with zero attached hydrogens (tertiary/aromatic N) is 1. The molecule has 2 aliphatic rings. The van der Waals surface area contributed by atoms with E-state index in [1.165, 1.54) is 0 Å². The molecule has 1 saturated heterocycles. The molecule has 0 unspecified atom stereocenters. The van der Waals surface area contributed by atoms with Gasteiger partial charge < -0.3 is 14.8 Å². The van der Waals surface area contributed by atoms with Gasteiger partial charge in [0.15, 0.2) is 5.79 Å². The first-order valence-corrected chi connectivity index (χ1v) is 7.67. The SMILES string of the molecule is CC1CCC2(CC1)OC[C@H](CNC(=O)c1cccnc1)O2. The van der Waals surface area contributed by atoms with Gasteiger partial charge in [-0.2, -0.15) is 0 Å². The summed E-state index contributed by atoms with van der Waals surface area (Å²) in [4.78, 5) is 15.9. The molecule has 1 spiro atoms. The summed E-state index contributed by atoms with van der Waals surface area (Å²) in [7, 11) is 0. The number of rotatable bonds is 3. The van der Waals surface area contributed by atoms with Crippen LogP contribution in [0.3, 0.4) is 0 Å². The minimum atomic E-state index is -0.393. The number of hydrogen-bond donors (Lipinski definition) is 1. The van der Waals surface area contributed by atoms with Crippen molar-refractivity contribution in [3.63, 3.8) is 0 Å². The predicted molar refractivity (Wildman–Crippen MR) is 77.8 cm³/mol. The first-order chi connectivity index (χ1) is 10.2. The summed E-state index contributed by atoms with van der Waals surface area (Å²) in [6.45, 7) is 3.31. The molecule has 114 valence electrons. The molecule has 1 N–H and O–H groups in total. The van der Waals surface area contributed by atoms with Crippen LogP contribution in [-0.4, -0.2) is 35.9 Å². The summed E-state index contributed by atoms with van der Waals surface area (Å²) in [6, 6.07) is 3.50. The molecule has 1 aromatic rings. The highest BCUT2D eigenvalue weighted by atomic mass is 16.7. The van der Waals surface area contributed by atoms with Gasteiger partial charge >= 0.3 is 0 Å². The van der Waals surface area contributed by atoms with Crippen LogP contribution in [0.4, 0.5) is 0 Å². The van der Waals surface area contributed by atoms with Gasteiger partial charge in [-0.15, -0.1) is 0 Å². The van der Waals surface area contributed by atoms with Gasteiger partial charge in [0.05, 0.1) is 12.2 Å². The third kappa shape index (κ3) is 3.41. The van der Waals surface area contributed by atoms with Crippen LogP contribution in [0.25, 0.3) is 0 Å². The highest BCUT2D eigenvalue weighted by Crippen LogP contribution is 2.39. The van der Waals surface area contributed by atoms with Crippen LogP contribution in [0.2, 0.25) is 0 Å². The third-order valence-corrected chi connectivity index (χ3v) is 4.36. The predicted octanol–water partition coefficient (Wildman–Crippen LogP) is 2.13. The molecule has 5 nitrogen and oxygen atoms in total. The summed E-state index contributed by atoms with van der Waals surface area (Å²) in [5, 5.41) is 2.89. The molecule has 1 atom stereocenters. The molecule has 2 fully saturated rings. The number of ether oxygens (including phenoxy) is 2. The van der Waals surface area contributed by atoms with Crippen LogP contribution in [0.1, 0.15) is 43.0 Å². The Balaban J connectivity index is 1.48. The van der Waals surface area contributed by atoms with Crippen LogP contribution >= 0.6 is 0 Å². The first kappa shape index (κ1) is 14.5. The molecule has 3 rings (SSSR count). The third-order valence-electron chi connectivity index (χ3n) is 4.36. The molecular weight excluding hydrogens is 268 g/mol. The van der Waals surface area contributed by atoms with E-state index in [9.17, 15) is 4.79 Å². The lowest BCUT2D eigenvalue weighted by atomic mass is 9.86. The van der Waals surface area contributed by atoms with Crippen molar-refractivity contribution in [1.29, 1.82) is 0 Å². The highest BCUT2D eigenvalue weighted by molar-refractivity contribution is 5.93. The largest absolute Gasteiger partial charge is 0.349 e. The Bertz CT molecular complexity index is 484. The van der Waals surface area contributed by atoms with Gasteiger partial charge in [-0.05, 0) is 30.9 Å². The smallest absolute Gasteiger partial charge is 0.252 e. The Morgan fingerprint density at radius 2 is 2.29 bits per heavy atom. The second-order valence-corrected chi connectivity index (χ2v) is 6.10. The van der Waals surface area contributed by atoms with Crippen molar-refractivity contribution < 1.29 is 14.3 Å². The van der Waals surface area contributed by atoms with E-state index >= 15 is 0 Å². The molecule has 1 aliphatic heterocycles. The maximum Gasteiger partial charge on any atom is 0.252 e. The minimum absolute atomic E-state index is 0.0565. The van der Waals surface area contributed by atoms with E-state index in [1.54, 1.807) is 24.5 Å². The number of aromatic nitrogens is 1. The molecule has 1 aromatic heterocycles. The summed E-state index contributed by atoms with van der Waals surface area (Å²) < 4.78 is 12.0. The fraction of sp³-hybridized carbons (Fsp3) is 0.625. The Hall–Kier alpha value is -1.46. The first-order valence-electron chi connectivity index (χ1n) is 7.67. The fourth-order valence-corrected chi connectivity index (χ4v) is 2.99. The molecule has 1 amide bonds. The summed E-state index contributed by atoms with van der Waals surface area (Å²) in [6.07, 6.45) is 7.37. The van der Waals surface area contributed by atoms with Gasteiger partial charge in [0.1, 0.15) is 6.10 Å². The number of pyridine rings is 1. The molecule has 21 heavy (non-hydrogen) atoms. The van der Waals surface area contributed by atoms with Gasteiger partial charge in [-0.3, -0.25) is 9.78 Å². The monoisotopic (exact) mass is 290 g/mol. The Kier molecular flexibility index (Phi) is 4.22. The van der Waals surface area contributed by atoms with Crippen molar-refractivity contribution in [2.75, 3.05) is 13.2 Å². The lowest BCUT2D eigenvalue weighted by Gasteiger charge is -2.34. The maximum absolute atomic E-state index is 12.0. The maximum atomic E-state index is 12.0. The van der Waals surface area contributed by atoms with Crippen LogP contribution in [0.5, 0.6) is 0 Å². The van der Waals surface area contributed by atoms with Gasteiger partial charge in [0, 0.05) is 31.8 Å². The molecule has 5 heteroatoms. The van der Waals surface area contributed by atoms with E-state index in [0.29, 0.717) is 18.7 Å². The minimum Gasteiger partial charge on any atom is -0.349 e. The standard InChI is InChI=1S/C16H22N2O3/c1-12-4-6-16(7-5-12)20-11-14(21-16)10-18-15(19)13-3-2-8-17-9-13/h2-3,8-9,12,14H,4-7,10-11H2,1H3,(H,18,19)/t12?,14-,16?/m0/s1. The van der Waals surface area contributed by atoms with Gasteiger partial charge in [-0.25, -0.2) is 0 Å². The van der Waals surface area contributed by atoms with Gasteiger partial charge in [0.25, 0.3) is 5.91 Å². The van der Waals surface area contributed by atoms with E-state index in [4.69, 9.17) is 9.47 Å². The Labute approximate surface area is 125 Å². The molecule has 0 aromatic carbocycles. The Morgan fingerprint density at radius 1 is 1.48 bits per heavy atom. The van der Waals surface area contributed by atoms with Gasteiger partial charge in [0.2, 0.25) is 0 Å². The number of nitrogens with one attached hydrogen (secondary N) is 1. The zero-order chi connectivity index (χ0) is 14.7. The lowest BCUT2D eigenvalue weighted by Crippen LogP contribution is -2.38. The zero-order valence-corrected chi connectivity index (χ0v) is 12.4. The molecule has 1 aliphatic carbocycles. The molecule has 0 bridgehead atoms. The van der Waals surface area contributed by atoms with E-state index in [2.05, 4.69) is 17.2 Å². The van der Waals surface area contributed by atoms with Crippen molar-refractivity contribution in [3.8, 4) is 0 Å². The zero-order valence-electron chi connectivity index (χ0n) is 12.4. The quantitative estimate of drug-likeness (QED) is 0.926. The normalized spacial score (nSPS) is 32.2. The summed E-state index contributed by atoms with van der Waals surface area (Å²) >= 11 is 0. The van der Waals surface area contributed by atoms with Crippen LogP contribution in [0.15, 0.2) is 24.5 Å². The van der Waals surface area contributed by atoms with E-state index in [-0.39, 0.29) is 12.0 Å². The highest BCUT2D eigenvalue weighted by Gasteiger charge is 2.43. The number of hydrogen-bond acceptors (Lipinski definition) is 4. The number of amides is 1. The van der Waals surface area contributed by atoms with Crippen LogP contribution in [0, 0.1) is 5.92 Å². The number of carbonyl (C=O) groups excluding carboxylic acids is 1. The van der Waals surface area contributed by atoms with Crippen molar-refractivity contribution in [3.05, 3.63) is 30.1 Å². The molecule has 0 radical (unpaired) electrons. The van der Waals surface area contributed by atoms with E-state index in [0.717, 1.165) is 31.6 Å².